The van der Waals surface area contributed by atoms with E-state index in [2.05, 4.69) is 47.6 Å². The van der Waals surface area contributed by atoms with Crippen LogP contribution in [0.15, 0.2) is 36.4 Å². The predicted octanol–water partition coefficient (Wildman–Crippen LogP) is 3.00. The molecular weight excluding hydrogens is 366 g/mol. The van der Waals surface area contributed by atoms with Crippen molar-refractivity contribution in [1.29, 1.82) is 0 Å². The molecule has 29 heavy (non-hydrogen) atoms. The number of morpholine rings is 1. The van der Waals surface area contributed by atoms with E-state index in [0.29, 0.717) is 32.3 Å². The molecule has 1 fully saturated rings. The van der Waals surface area contributed by atoms with Gasteiger partial charge in [-0.15, -0.1) is 0 Å². The Morgan fingerprint density at radius 2 is 1.83 bits per heavy atom. The van der Waals surface area contributed by atoms with Gasteiger partial charge in [0.25, 0.3) is 5.91 Å². The van der Waals surface area contributed by atoms with E-state index in [1.54, 1.807) is 4.90 Å². The second-order valence-electron chi connectivity index (χ2n) is 7.87. The zero-order valence-electron chi connectivity index (χ0n) is 17.5. The van der Waals surface area contributed by atoms with Gasteiger partial charge in [0.05, 0.1) is 19.3 Å². The molecule has 1 atom stereocenters. The number of amides is 1. The van der Waals surface area contributed by atoms with Crippen LogP contribution in [-0.2, 0) is 22.6 Å². The van der Waals surface area contributed by atoms with Crippen LogP contribution in [0.1, 0.15) is 36.3 Å². The van der Waals surface area contributed by atoms with Crippen molar-refractivity contribution in [3.8, 4) is 5.75 Å². The van der Waals surface area contributed by atoms with E-state index in [1.165, 1.54) is 17.0 Å². The first-order chi connectivity index (χ1) is 14.2. The first kappa shape index (κ1) is 20.0. The van der Waals surface area contributed by atoms with Crippen LogP contribution >= 0.6 is 0 Å². The summed E-state index contributed by atoms with van der Waals surface area (Å²) >= 11 is 0. The summed E-state index contributed by atoms with van der Waals surface area (Å²) in [6.07, 6.45) is 1.11. The van der Waals surface area contributed by atoms with Crippen molar-refractivity contribution >= 4 is 5.91 Å². The molecule has 2 aliphatic heterocycles. The summed E-state index contributed by atoms with van der Waals surface area (Å²) in [5.41, 5.74) is 4.05. The summed E-state index contributed by atoms with van der Waals surface area (Å²) in [5, 5.41) is 0. The number of ether oxygens (including phenoxy) is 2. The third kappa shape index (κ3) is 4.49. The molecule has 0 N–H and O–H groups in total. The van der Waals surface area contributed by atoms with E-state index in [0.717, 1.165) is 31.8 Å². The molecule has 156 valence electrons. The van der Waals surface area contributed by atoms with Crippen LogP contribution in [0.25, 0.3) is 0 Å². The Morgan fingerprint density at radius 3 is 2.55 bits per heavy atom. The van der Waals surface area contributed by atoms with E-state index in [4.69, 9.17) is 9.47 Å². The fourth-order valence-electron chi connectivity index (χ4n) is 4.39. The summed E-state index contributed by atoms with van der Waals surface area (Å²) in [7, 11) is 0. The predicted molar refractivity (Wildman–Crippen MR) is 112 cm³/mol. The lowest BCUT2D eigenvalue weighted by Gasteiger charge is -2.37. The second kappa shape index (κ2) is 9.01. The number of aryl methyl sites for hydroxylation is 1. The Labute approximate surface area is 173 Å². The first-order valence-corrected chi connectivity index (χ1v) is 10.6. The van der Waals surface area contributed by atoms with Gasteiger partial charge in [-0.25, -0.2) is 0 Å². The average molecular weight is 398 g/mol. The number of hydrogen-bond donors (Lipinski definition) is 0. The Balaban J connectivity index is 1.33. The largest absolute Gasteiger partial charge is 0.484 e. The molecule has 0 saturated carbocycles. The van der Waals surface area contributed by atoms with Crippen molar-refractivity contribution < 1.29 is 14.3 Å². The highest BCUT2D eigenvalue weighted by Crippen LogP contribution is 2.31. The van der Waals surface area contributed by atoms with Gasteiger partial charge in [0, 0.05) is 44.1 Å². The lowest BCUT2D eigenvalue weighted by Crippen LogP contribution is -2.42. The molecular formula is C23H31N3O3. The highest BCUT2D eigenvalue weighted by Gasteiger charge is 2.26. The third-order valence-corrected chi connectivity index (χ3v) is 6.05. The summed E-state index contributed by atoms with van der Waals surface area (Å²) in [4.78, 5) is 16.6. The molecule has 0 aliphatic carbocycles. The van der Waals surface area contributed by atoms with Crippen molar-refractivity contribution in [3.63, 3.8) is 0 Å². The summed E-state index contributed by atoms with van der Waals surface area (Å²) in [5.74, 6) is 0.764. The lowest BCUT2D eigenvalue weighted by molar-refractivity contribution is -0.137. The van der Waals surface area contributed by atoms with Crippen LogP contribution < -0.4 is 4.74 Å². The fraction of sp³-hybridized carbons (Fsp3) is 0.522. The molecule has 6 heteroatoms. The van der Waals surface area contributed by atoms with Crippen LogP contribution in [0.5, 0.6) is 5.75 Å². The summed E-state index contributed by atoms with van der Waals surface area (Å²) in [6, 6.07) is 13.1. The molecule has 1 aromatic heterocycles. The van der Waals surface area contributed by atoms with Crippen LogP contribution in [0.2, 0.25) is 0 Å². The highest BCUT2D eigenvalue weighted by atomic mass is 16.5. The van der Waals surface area contributed by atoms with Gasteiger partial charge in [-0.2, -0.15) is 0 Å². The Morgan fingerprint density at radius 1 is 1.07 bits per heavy atom. The van der Waals surface area contributed by atoms with E-state index in [-0.39, 0.29) is 12.5 Å². The zero-order valence-corrected chi connectivity index (χ0v) is 17.5. The number of aromatic nitrogens is 1. The minimum atomic E-state index is 0.0229. The van der Waals surface area contributed by atoms with Crippen molar-refractivity contribution in [2.45, 2.75) is 39.4 Å². The van der Waals surface area contributed by atoms with Crippen molar-refractivity contribution in [2.24, 2.45) is 0 Å². The van der Waals surface area contributed by atoms with Gasteiger partial charge >= 0.3 is 0 Å². The van der Waals surface area contributed by atoms with Crippen LogP contribution in [0.4, 0.5) is 0 Å². The Hall–Kier alpha value is -2.31. The highest BCUT2D eigenvalue weighted by molar-refractivity contribution is 5.77. The molecule has 4 rings (SSSR count). The number of carbonyl (C=O) groups is 1. The van der Waals surface area contributed by atoms with E-state index >= 15 is 0 Å². The summed E-state index contributed by atoms with van der Waals surface area (Å²) in [6.45, 7) is 10.1. The number of benzene rings is 1. The molecule has 1 amide bonds. The molecule has 2 aromatic rings. The monoisotopic (exact) mass is 397 g/mol. The number of nitrogens with zero attached hydrogens (tertiary/aromatic N) is 3. The molecule has 0 bridgehead atoms. The van der Waals surface area contributed by atoms with Crippen molar-refractivity contribution in [3.05, 3.63) is 53.3 Å². The maximum absolute atomic E-state index is 12.2. The van der Waals surface area contributed by atoms with Gasteiger partial charge in [-0.3, -0.25) is 9.69 Å². The van der Waals surface area contributed by atoms with Gasteiger partial charge in [-0.05, 0) is 43.2 Å². The maximum Gasteiger partial charge on any atom is 0.260 e. The number of fused-ring (bicyclic) bond motifs is 1. The maximum atomic E-state index is 12.2. The fourth-order valence-corrected chi connectivity index (χ4v) is 4.39. The smallest absolute Gasteiger partial charge is 0.260 e. The molecule has 1 aromatic carbocycles. The molecule has 1 saturated heterocycles. The SMILES string of the molecule is CCC1c2ccc(C)n2CCN1Cc1ccc(OCC(=O)N2CCOCC2)cc1. The van der Waals surface area contributed by atoms with Crippen LogP contribution in [-0.4, -0.2) is 59.7 Å². The molecule has 2 aliphatic rings. The topological polar surface area (TPSA) is 46.9 Å². The van der Waals surface area contributed by atoms with Gasteiger partial charge in [0.15, 0.2) is 6.61 Å². The third-order valence-electron chi connectivity index (χ3n) is 6.05. The minimum Gasteiger partial charge on any atom is -0.484 e. The Bertz CT molecular complexity index is 824. The van der Waals surface area contributed by atoms with Crippen molar-refractivity contribution in [1.82, 2.24) is 14.4 Å². The second-order valence-corrected chi connectivity index (χ2v) is 7.87. The van der Waals surface area contributed by atoms with E-state index in [9.17, 15) is 4.79 Å². The van der Waals surface area contributed by atoms with Gasteiger partial charge in [-0.1, -0.05) is 19.1 Å². The molecule has 1 unspecified atom stereocenters. The molecule has 0 radical (unpaired) electrons. The Kier molecular flexibility index (Phi) is 6.21. The number of hydrogen-bond acceptors (Lipinski definition) is 4. The van der Waals surface area contributed by atoms with Gasteiger partial charge in [0.2, 0.25) is 0 Å². The first-order valence-electron chi connectivity index (χ1n) is 10.6. The average Bonchev–Trinajstić information content (AvgIpc) is 3.14. The summed E-state index contributed by atoms with van der Waals surface area (Å²) < 4.78 is 13.4. The lowest BCUT2D eigenvalue weighted by atomic mass is 10.1. The van der Waals surface area contributed by atoms with Crippen LogP contribution in [0, 0.1) is 6.92 Å². The normalized spacial score (nSPS) is 19.8. The quantitative estimate of drug-likeness (QED) is 0.752. The minimum absolute atomic E-state index is 0.0229. The van der Waals surface area contributed by atoms with Gasteiger partial charge < -0.3 is 18.9 Å². The van der Waals surface area contributed by atoms with Gasteiger partial charge in [0.1, 0.15) is 5.75 Å². The van der Waals surface area contributed by atoms with Crippen molar-refractivity contribution in [2.75, 3.05) is 39.5 Å². The molecule has 3 heterocycles. The van der Waals surface area contributed by atoms with E-state index in [1.807, 2.05) is 12.1 Å². The number of rotatable bonds is 6. The zero-order chi connectivity index (χ0) is 20.2. The van der Waals surface area contributed by atoms with Crippen LogP contribution in [0.3, 0.4) is 0 Å². The number of carbonyl (C=O) groups excluding carboxylic acids is 1. The molecule has 0 spiro atoms. The van der Waals surface area contributed by atoms with E-state index < -0.39 is 0 Å². The molecule has 6 nitrogen and oxygen atoms in total. The standard InChI is InChI=1S/C23H31N3O3/c1-3-21-22-9-4-18(2)26(22)11-10-25(21)16-19-5-7-20(8-6-19)29-17-23(27)24-12-14-28-15-13-24/h4-9,21H,3,10-17H2,1-2H3.